The van der Waals surface area contributed by atoms with Crippen LogP contribution in [-0.4, -0.2) is 51.0 Å². The third-order valence-electron chi connectivity index (χ3n) is 8.07. The molecule has 1 aliphatic heterocycles. The molecule has 1 heterocycles. The van der Waals surface area contributed by atoms with Crippen LogP contribution in [0.4, 0.5) is 4.79 Å². The zero-order valence-electron chi connectivity index (χ0n) is 23.5. The quantitative estimate of drug-likeness (QED) is 0.277. The van der Waals surface area contributed by atoms with Crippen LogP contribution in [0.25, 0.3) is 17.2 Å². The molecule has 40 heavy (non-hydrogen) atoms. The lowest BCUT2D eigenvalue weighted by Crippen LogP contribution is -2.41. The highest BCUT2D eigenvalue weighted by atomic mass is 16.7. The zero-order chi connectivity index (χ0) is 28.5. The molecule has 1 N–H and O–H groups in total. The van der Waals surface area contributed by atoms with Crippen LogP contribution in [-0.2, 0) is 14.0 Å². The van der Waals surface area contributed by atoms with Gasteiger partial charge in [0.15, 0.2) is 0 Å². The normalized spacial score (nSPS) is 17.2. The van der Waals surface area contributed by atoms with Crippen molar-refractivity contribution < 1.29 is 28.4 Å². The van der Waals surface area contributed by atoms with Gasteiger partial charge in [-0.15, -0.1) is 0 Å². The number of nitrogens with one attached hydrogen (secondary N) is 1. The average molecular weight is 539 g/mol. The molecule has 0 radical (unpaired) electrons. The Morgan fingerprint density at radius 3 is 2.12 bits per heavy atom. The van der Waals surface area contributed by atoms with Gasteiger partial charge in [-0.3, -0.25) is 4.79 Å². The van der Waals surface area contributed by atoms with Crippen molar-refractivity contribution >= 4 is 25.6 Å². The maximum atomic E-state index is 13.0. The number of fused-ring (bicyclic) bond motifs is 3. The molecular formula is C32H34BNO6. The molecule has 1 fully saturated rings. The maximum Gasteiger partial charge on any atom is 0.492 e. The van der Waals surface area contributed by atoms with E-state index in [4.69, 9.17) is 18.8 Å². The molecule has 1 amide bonds. The third kappa shape index (κ3) is 5.29. The summed E-state index contributed by atoms with van der Waals surface area (Å²) in [5.74, 6) is 0.548. The zero-order valence-corrected chi connectivity index (χ0v) is 23.5. The van der Waals surface area contributed by atoms with E-state index in [1.54, 1.807) is 25.3 Å². The van der Waals surface area contributed by atoms with E-state index >= 15 is 0 Å². The van der Waals surface area contributed by atoms with Gasteiger partial charge in [-0.2, -0.15) is 0 Å². The van der Waals surface area contributed by atoms with Crippen molar-refractivity contribution in [2.24, 2.45) is 0 Å². The number of hydrogen-bond donors (Lipinski definition) is 1. The van der Waals surface area contributed by atoms with Gasteiger partial charge in [-0.25, -0.2) is 4.79 Å². The minimum atomic E-state index is -0.719. The van der Waals surface area contributed by atoms with E-state index < -0.39 is 24.4 Å². The SMILES string of the molecule is COc1ccc(C=O)cc1C=C(CNC(=O)OCC1c2ccccc2-c2ccccc21)B1OC(C)(C)C(C)(C)O1. The molecule has 0 saturated carbocycles. The molecule has 5 rings (SSSR count). The summed E-state index contributed by atoms with van der Waals surface area (Å²) in [5, 5.41) is 2.87. The van der Waals surface area contributed by atoms with Gasteiger partial charge in [-0.05, 0) is 73.6 Å². The summed E-state index contributed by atoms with van der Waals surface area (Å²) in [6.45, 7) is 8.20. The van der Waals surface area contributed by atoms with Crippen LogP contribution in [0.5, 0.6) is 5.75 Å². The summed E-state index contributed by atoms with van der Waals surface area (Å²) in [6.07, 6.45) is 2.07. The van der Waals surface area contributed by atoms with Gasteiger partial charge >= 0.3 is 13.2 Å². The standard InChI is InChI=1S/C32H34BNO6/c1-31(2)32(3,4)40-33(39-31)23(17-22-16-21(19-35)14-15-29(22)37-5)18-34-30(36)38-20-28-26-12-8-6-10-24(26)25-11-7-9-13-27(25)28/h6-17,19,28H,18,20H2,1-5H3,(H,34,36). The lowest BCUT2D eigenvalue weighted by molar-refractivity contribution is 0.00578. The van der Waals surface area contributed by atoms with E-state index in [0.29, 0.717) is 22.3 Å². The summed E-state index contributed by atoms with van der Waals surface area (Å²) < 4.78 is 23.8. The fraction of sp³-hybridized carbons (Fsp3) is 0.312. The molecule has 7 nitrogen and oxygen atoms in total. The monoisotopic (exact) mass is 539 g/mol. The van der Waals surface area contributed by atoms with Crippen LogP contribution in [0.15, 0.2) is 72.2 Å². The molecule has 3 aromatic carbocycles. The molecule has 1 saturated heterocycles. The number of alkyl carbamates (subject to hydrolysis) is 1. The Hall–Kier alpha value is -3.88. The second kappa shape index (κ2) is 10.9. The minimum absolute atomic E-state index is 0.0356. The number of ether oxygens (including phenoxy) is 2. The first-order valence-corrected chi connectivity index (χ1v) is 13.4. The Kier molecular flexibility index (Phi) is 7.58. The number of hydrogen-bond acceptors (Lipinski definition) is 6. The average Bonchev–Trinajstić information content (AvgIpc) is 3.38. The molecule has 206 valence electrons. The second-order valence-electron chi connectivity index (χ2n) is 11.1. The largest absolute Gasteiger partial charge is 0.496 e. The van der Waals surface area contributed by atoms with Crippen molar-refractivity contribution in [2.45, 2.75) is 44.8 Å². The Bertz CT molecular complexity index is 1400. The van der Waals surface area contributed by atoms with Crippen molar-refractivity contribution in [2.75, 3.05) is 20.3 Å². The van der Waals surface area contributed by atoms with Crippen molar-refractivity contribution in [3.63, 3.8) is 0 Å². The van der Waals surface area contributed by atoms with E-state index in [0.717, 1.165) is 17.4 Å². The highest BCUT2D eigenvalue weighted by molar-refractivity contribution is 6.56. The molecule has 3 aromatic rings. The fourth-order valence-electron chi connectivity index (χ4n) is 5.16. The van der Waals surface area contributed by atoms with Crippen molar-refractivity contribution in [1.29, 1.82) is 0 Å². The number of benzene rings is 3. The van der Waals surface area contributed by atoms with Crippen LogP contribution in [0, 0.1) is 0 Å². The van der Waals surface area contributed by atoms with Crippen LogP contribution < -0.4 is 10.1 Å². The number of carbonyl (C=O) groups is 2. The smallest absolute Gasteiger partial charge is 0.492 e. The number of rotatable bonds is 8. The predicted molar refractivity (Wildman–Crippen MR) is 156 cm³/mol. The third-order valence-corrected chi connectivity index (χ3v) is 8.07. The summed E-state index contributed by atoms with van der Waals surface area (Å²) in [6, 6.07) is 21.6. The number of methoxy groups -OCH3 is 1. The Morgan fingerprint density at radius 2 is 1.55 bits per heavy atom. The van der Waals surface area contributed by atoms with Gasteiger partial charge in [0, 0.05) is 23.6 Å². The summed E-state index contributed by atoms with van der Waals surface area (Å²) in [4.78, 5) is 24.4. The molecule has 0 unspecified atom stereocenters. The Balaban J connectivity index is 1.34. The molecule has 0 bridgehead atoms. The van der Waals surface area contributed by atoms with Crippen LogP contribution >= 0.6 is 0 Å². The minimum Gasteiger partial charge on any atom is -0.496 e. The fourth-order valence-corrected chi connectivity index (χ4v) is 5.16. The lowest BCUT2D eigenvalue weighted by Gasteiger charge is -2.32. The molecule has 1 aliphatic carbocycles. The van der Waals surface area contributed by atoms with E-state index in [2.05, 4.69) is 29.6 Å². The Morgan fingerprint density at radius 1 is 0.950 bits per heavy atom. The highest BCUT2D eigenvalue weighted by Crippen LogP contribution is 2.44. The van der Waals surface area contributed by atoms with E-state index in [1.165, 1.54) is 11.1 Å². The lowest BCUT2D eigenvalue weighted by atomic mass is 9.77. The topological polar surface area (TPSA) is 83.1 Å². The van der Waals surface area contributed by atoms with Crippen LogP contribution in [0.3, 0.4) is 0 Å². The van der Waals surface area contributed by atoms with Crippen molar-refractivity contribution in [3.05, 3.63) is 94.5 Å². The first kappa shape index (κ1) is 27.7. The van der Waals surface area contributed by atoms with Crippen molar-refractivity contribution in [1.82, 2.24) is 5.32 Å². The number of carbonyl (C=O) groups excluding carboxylic acids is 2. The summed E-state index contributed by atoms with van der Waals surface area (Å²) in [5.41, 5.74) is 5.33. The van der Waals surface area contributed by atoms with E-state index in [-0.39, 0.29) is 19.1 Å². The van der Waals surface area contributed by atoms with Crippen molar-refractivity contribution in [3.8, 4) is 16.9 Å². The molecule has 0 aromatic heterocycles. The second-order valence-corrected chi connectivity index (χ2v) is 11.1. The van der Waals surface area contributed by atoms with E-state index in [1.807, 2.05) is 58.0 Å². The molecule has 0 spiro atoms. The van der Waals surface area contributed by atoms with Crippen LogP contribution in [0.2, 0.25) is 0 Å². The summed E-state index contributed by atoms with van der Waals surface area (Å²) >= 11 is 0. The predicted octanol–water partition coefficient (Wildman–Crippen LogP) is 6.06. The number of amides is 1. The molecule has 2 aliphatic rings. The number of aldehydes is 1. The molecular weight excluding hydrogens is 505 g/mol. The van der Waals surface area contributed by atoms with Gasteiger partial charge in [0.2, 0.25) is 0 Å². The van der Waals surface area contributed by atoms with E-state index in [9.17, 15) is 9.59 Å². The highest BCUT2D eigenvalue weighted by Gasteiger charge is 2.52. The molecule has 0 atom stereocenters. The van der Waals surface area contributed by atoms with Gasteiger partial charge in [-0.1, -0.05) is 54.6 Å². The Labute approximate surface area is 235 Å². The van der Waals surface area contributed by atoms with Gasteiger partial charge in [0.05, 0.1) is 18.3 Å². The maximum absolute atomic E-state index is 13.0. The molecule has 8 heteroatoms. The van der Waals surface area contributed by atoms with Crippen LogP contribution in [0.1, 0.15) is 60.7 Å². The van der Waals surface area contributed by atoms with Gasteiger partial charge < -0.3 is 24.1 Å². The first-order valence-electron chi connectivity index (χ1n) is 13.4. The van der Waals surface area contributed by atoms with Gasteiger partial charge in [0.1, 0.15) is 18.6 Å². The first-order chi connectivity index (χ1) is 19.1. The summed E-state index contributed by atoms with van der Waals surface area (Å²) in [7, 11) is 0.847. The van der Waals surface area contributed by atoms with Gasteiger partial charge in [0.25, 0.3) is 0 Å².